The summed E-state index contributed by atoms with van der Waals surface area (Å²) in [5.74, 6) is 1.13. The van der Waals surface area contributed by atoms with Crippen LogP contribution in [-0.2, 0) is 9.53 Å². The van der Waals surface area contributed by atoms with Gasteiger partial charge in [-0.2, -0.15) is 0 Å². The van der Waals surface area contributed by atoms with Crippen LogP contribution in [0.25, 0.3) is 0 Å². The summed E-state index contributed by atoms with van der Waals surface area (Å²) in [7, 11) is 0. The van der Waals surface area contributed by atoms with Gasteiger partial charge in [0.15, 0.2) is 0 Å². The molecule has 0 saturated heterocycles. The van der Waals surface area contributed by atoms with E-state index in [1.54, 1.807) is 0 Å². The van der Waals surface area contributed by atoms with Crippen molar-refractivity contribution >= 4 is 5.78 Å². The second kappa shape index (κ2) is 4.88. The number of benzene rings is 1. The number of carbonyl (C=O) groups is 1. The maximum absolute atomic E-state index is 11.3. The fourth-order valence-corrected chi connectivity index (χ4v) is 1.87. The number of hydrogen-bond acceptors (Lipinski definition) is 3. The molecule has 2 rings (SSSR count). The smallest absolute Gasteiger partial charge is 0.143 e. The monoisotopic (exact) mass is 234 g/mol. The number of ketones is 1. The SMILES string of the molecule is CC1(C)C(=O)CC1OCCOc1ccccc1. The normalized spacial score (nSPS) is 22.0. The third kappa shape index (κ3) is 2.67. The quantitative estimate of drug-likeness (QED) is 0.734. The highest BCUT2D eigenvalue weighted by atomic mass is 16.5. The molecule has 1 saturated carbocycles. The van der Waals surface area contributed by atoms with Crippen LogP contribution in [0.5, 0.6) is 5.75 Å². The lowest BCUT2D eigenvalue weighted by Crippen LogP contribution is -2.51. The van der Waals surface area contributed by atoms with Gasteiger partial charge >= 0.3 is 0 Å². The summed E-state index contributed by atoms with van der Waals surface area (Å²) < 4.78 is 11.1. The maximum atomic E-state index is 11.3. The molecule has 1 unspecified atom stereocenters. The minimum absolute atomic E-state index is 0.0503. The average molecular weight is 234 g/mol. The minimum Gasteiger partial charge on any atom is -0.491 e. The molecule has 1 fully saturated rings. The molecule has 17 heavy (non-hydrogen) atoms. The van der Waals surface area contributed by atoms with Crippen LogP contribution in [0, 0.1) is 5.41 Å². The van der Waals surface area contributed by atoms with Crippen LogP contribution in [-0.4, -0.2) is 25.1 Å². The molecule has 0 amide bonds. The lowest BCUT2D eigenvalue weighted by atomic mass is 9.68. The van der Waals surface area contributed by atoms with Crippen molar-refractivity contribution in [3.8, 4) is 5.75 Å². The second-order valence-electron chi connectivity index (χ2n) is 4.87. The topological polar surface area (TPSA) is 35.5 Å². The van der Waals surface area contributed by atoms with Crippen molar-refractivity contribution in [1.29, 1.82) is 0 Å². The van der Waals surface area contributed by atoms with Gasteiger partial charge in [-0.25, -0.2) is 0 Å². The van der Waals surface area contributed by atoms with E-state index in [1.165, 1.54) is 0 Å². The van der Waals surface area contributed by atoms with Gasteiger partial charge in [0, 0.05) is 6.42 Å². The van der Waals surface area contributed by atoms with Crippen LogP contribution in [0.1, 0.15) is 20.3 Å². The molecule has 3 nitrogen and oxygen atoms in total. The zero-order valence-corrected chi connectivity index (χ0v) is 10.3. The fourth-order valence-electron chi connectivity index (χ4n) is 1.87. The molecule has 0 N–H and O–H groups in total. The Hall–Kier alpha value is -1.35. The molecular formula is C14H18O3. The first kappa shape index (κ1) is 12.1. The molecule has 1 atom stereocenters. The third-order valence-electron chi connectivity index (χ3n) is 3.31. The van der Waals surface area contributed by atoms with Crippen LogP contribution in [0.3, 0.4) is 0 Å². The number of carbonyl (C=O) groups excluding carboxylic acids is 1. The van der Waals surface area contributed by atoms with Gasteiger partial charge in [-0.3, -0.25) is 4.79 Å². The highest BCUT2D eigenvalue weighted by molar-refractivity contribution is 5.91. The van der Waals surface area contributed by atoms with Gasteiger partial charge in [0.1, 0.15) is 18.1 Å². The maximum Gasteiger partial charge on any atom is 0.143 e. The summed E-state index contributed by atoms with van der Waals surface area (Å²) in [5.41, 5.74) is -0.313. The van der Waals surface area contributed by atoms with Crippen molar-refractivity contribution in [2.45, 2.75) is 26.4 Å². The van der Waals surface area contributed by atoms with Crippen LogP contribution >= 0.6 is 0 Å². The van der Waals surface area contributed by atoms with Crippen molar-refractivity contribution in [1.82, 2.24) is 0 Å². The highest BCUT2D eigenvalue weighted by Crippen LogP contribution is 2.38. The molecule has 92 valence electrons. The van der Waals surface area contributed by atoms with E-state index in [0.29, 0.717) is 19.6 Å². The summed E-state index contributed by atoms with van der Waals surface area (Å²) in [4.78, 5) is 11.3. The Morgan fingerprint density at radius 3 is 2.53 bits per heavy atom. The van der Waals surface area contributed by atoms with E-state index in [1.807, 2.05) is 44.2 Å². The summed E-state index contributed by atoms with van der Waals surface area (Å²) in [6.07, 6.45) is 0.590. The molecule has 3 heteroatoms. The predicted octanol–water partition coefficient (Wildman–Crippen LogP) is 2.45. The molecule has 1 aromatic rings. The Labute approximate surface area is 102 Å². The van der Waals surface area contributed by atoms with E-state index in [-0.39, 0.29) is 17.3 Å². The third-order valence-corrected chi connectivity index (χ3v) is 3.31. The van der Waals surface area contributed by atoms with Crippen molar-refractivity contribution < 1.29 is 14.3 Å². The highest BCUT2D eigenvalue weighted by Gasteiger charge is 2.47. The fraction of sp³-hybridized carbons (Fsp3) is 0.500. The standard InChI is InChI=1S/C14H18O3/c1-14(2)12(15)10-13(14)17-9-8-16-11-6-4-3-5-7-11/h3-7,13H,8-10H2,1-2H3. The molecule has 0 aromatic heterocycles. The molecule has 1 aliphatic carbocycles. The predicted molar refractivity (Wildman–Crippen MR) is 65.1 cm³/mol. The van der Waals surface area contributed by atoms with E-state index in [9.17, 15) is 4.79 Å². The number of Topliss-reactive ketones (excluding diaryl/α,β-unsaturated/α-hetero) is 1. The van der Waals surface area contributed by atoms with Crippen molar-refractivity contribution in [2.24, 2.45) is 5.41 Å². The van der Waals surface area contributed by atoms with Crippen LogP contribution in [0.2, 0.25) is 0 Å². The van der Waals surface area contributed by atoms with Crippen LogP contribution in [0.15, 0.2) is 30.3 Å². The second-order valence-corrected chi connectivity index (χ2v) is 4.87. The van der Waals surface area contributed by atoms with Gasteiger partial charge in [-0.1, -0.05) is 32.0 Å². The molecule has 0 heterocycles. The van der Waals surface area contributed by atoms with Gasteiger partial charge in [-0.15, -0.1) is 0 Å². The van der Waals surface area contributed by atoms with Gasteiger partial charge in [0.25, 0.3) is 0 Å². The van der Waals surface area contributed by atoms with Gasteiger partial charge in [-0.05, 0) is 12.1 Å². The molecule has 0 radical (unpaired) electrons. The van der Waals surface area contributed by atoms with Crippen molar-refractivity contribution in [3.63, 3.8) is 0 Å². The van der Waals surface area contributed by atoms with Gasteiger partial charge < -0.3 is 9.47 Å². The molecule has 0 spiro atoms. The summed E-state index contributed by atoms with van der Waals surface area (Å²) in [6, 6.07) is 9.65. The zero-order chi connectivity index (χ0) is 12.3. The van der Waals surface area contributed by atoms with Gasteiger partial charge in [0.05, 0.1) is 18.1 Å². The number of hydrogen-bond donors (Lipinski definition) is 0. The number of ether oxygens (including phenoxy) is 2. The van der Waals surface area contributed by atoms with E-state index in [0.717, 1.165) is 5.75 Å². The number of para-hydroxylation sites is 1. The molecule has 0 aliphatic heterocycles. The molecular weight excluding hydrogens is 216 g/mol. The lowest BCUT2D eigenvalue weighted by molar-refractivity contribution is -0.159. The molecule has 1 aromatic carbocycles. The number of rotatable bonds is 5. The largest absolute Gasteiger partial charge is 0.491 e. The Bertz CT molecular complexity index is 384. The average Bonchev–Trinajstić information content (AvgIpc) is 2.34. The van der Waals surface area contributed by atoms with Crippen molar-refractivity contribution in [2.75, 3.05) is 13.2 Å². The summed E-state index contributed by atoms with van der Waals surface area (Å²) in [5, 5.41) is 0. The lowest BCUT2D eigenvalue weighted by Gasteiger charge is -2.41. The summed E-state index contributed by atoms with van der Waals surface area (Å²) >= 11 is 0. The first-order chi connectivity index (χ1) is 8.10. The minimum atomic E-state index is -0.313. The first-order valence-electron chi connectivity index (χ1n) is 5.93. The van der Waals surface area contributed by atoms with Crippen molar-refractivity contribution in [3.05, 3.63) is 30.3 Å². The van der Waals surface area contributed by atoms with E-state index in [2.05, 4.69) is 0 Å². The molecule has 1 aliphatic rings. The Morgan fingerprint density at radius 2 is 1.94 bits per heavy atom. The Kier molecular flexibility index (Phi) is 3.48. The van der Waals surface area contributed by atoms with Gasteiger partial charge in [0.2, 0.25) is 0 Å². The Balaban J connectivity index is 1.66. The zero-order valence-electron chi connectivity index (χ0n) is 10.3. The van der Waals surface area contributed by atoms with Crippen LogP contribution in [0.4, 0.5) is 0 Å². The van der Waals surface area contributed by atoms with E-state index in [4.69, 9.17) is 9.47 Å². The van der Waals surface area contributed by atoms with Crippen LogP contribution < -0.4 is 4.74 Å². The Morgan fingerprint density at radius 1 is 1.24 bits per heavy atom. The first-order valence-corrected chi connectivity index (χ1v) is 5.93. The summed E-state index contributed by atoms with van der Waals surface area (Å²) in [6.45, 7) is 4.91. The van der Waals surface area contributed by atoms with E-state index >= 15 is 0 Å². The van der Waals surface area contributed by atoms with E-state index < -0.39 is 0 Å². The molecule has 0 bridgehead atoms.